The minimum atomic E-state index is -0.652. The van der Waals surface area contributed by atoms with Crippen LogP contribution in [0.15, 0.2) is 0 Å². The lowest BCUT2D eigenvalue weighted by Crippen LogP contribution is -2.42. The second kappa shape index (κ2) is 8.13. The van der Waals surface area contributed by atoms with Gasteiger partial charge in [0.15, 0.2) is 0 Å². The summed E-state index contributed by atoms with van der Waals surface area (Å²) in [5.41, 5.74) is 0. The number of hydrogen-bond acceptors (Lipinski definition) is 2. The predicted molar refractivity (Wildman–Crippen MR) is 97.9 cm³/mol. The first-order valence-corrected chi connectivity index (χ1v) is 11.7. The second-order valence-electron chi connectivity index (χ2n) is 8.17. The van der Waals surface area contributed by atoms with E-state index in [0.717, 1.165) is 25.0 Å². The predicted octanol–water partition coefficient (Wildman–Crippen LogP) is 4.13. The van der Waals surface area contributed by atoms with E-state index in [-0.39, 0.29) is 0 Å². The van der Waals surface area contributed by atoms with Crippen molar-refractivity contribution in [2.45, 2.75) is 82.5 Å². The summed E-state index contributed by atoms with van der Waals surface area (Å²) in [6.45, 7) is 11.1. The summed E-state index contributed by atoms with van der Waals surface area (Å²) < 4.78 is 24.6. The molecule has 0 saturated carbocycles. The SMILES string of the molecule is CC(C)C1CC(CC(C)C2CCC(C)[S+]([O-])C2)CC(C)[S+]1[O-]. The van der Waals surface area contributed by atoms with Gasteiger partial charge in [0.05, 0.1) is 0 Å². The summed E-state index contributed by atoms with van der Waals surface area (Å²) in [4.78, 5) is 0. The van der Waals surface area contributed by atoms with E-state index >= 15 is 0 Å². The zero-order valence-electron chi connectivity index (χ0n) is 14.9. The highest BCUT2D eigenvalue weighted by molar-refractivity contribution is 7.92. The molecule has 0 amide bonds. The largest absolute Gasteiger partial charge is 0.616 e. The van der Waals surface area contributed by atoms with E-state index in [2.05, 4.69) is 34.6 Å². The van der Waals surface area contributed by atoms with Crippen molar-refractivity contribution in [2.75, 3.05) is 5.75 Å². The molecule has 4 heteroatoms. The van der Waals surface area contributed by atoms with Crippen LogP contribution in [0, 0.1) is 23.7 Å². The van der Waals surface area contributed by atoms with Gasteiger partial charge in [-0.05, 0) is 69.0 Å². The molecular weight excluding hydrogens is 312 g/mol. The minimum Gasteiger partial charge on any atom is -0.616 e. The molecule has 0 aromatic heterocycles. The zero-order valence-corrected chi connectivity index (χ0v) is 16.6. The van der Waals surface area contributed by atoms with E-state index in [4.69, 9.17) is 0 Å². The Hall–Kier alpha value is 0.620. The zero-order chi connectivity index (χ0) is 16.4. The van der Waals surface area contributed by atoms with E-state index in [0.29, 0.717) is 39.4 Å². The molecule has 2 aliphatic rings. The van der Waals surface area contributed by atoms with Crippen LogP contribution in [0.25, 0.3) is 0 Å². The van der Waals surface area contributed by atoms with E-state index < -0.39 is 22.4 Å². The van der Waals surface area contributed by atoms with Crippen molar-refractivity contribution in [3.05, 3.63) is 0 Å². The molecule has 0 N–H and O–H groups in total. The Balaban J connectivity index is 1.89. The molecule has 0 radical (unpaired) electrons. The quantitative estimate of drug-likeness (QED) is 0.718. The van der Waals surface area contributed by atoms with E-state index in [9.17, 15) is 9.11 Å². The van der Waals surface area contributed by atoms with Gasteiger partial charge in [0, 0.05) is 11.8 Å². The molecule has 2 nitrogen and oxygen atoms in total. The first-order valence-electron chi connectivity index (χ1n) is 9.06. The van der Waals surface area contributed by atoms with Crippen LogP contribution < -0.4 is 0 Å². The lowest BCUT2D eigenvalue weighted by molar-refractivity contribution is 0.247. The Morgan fingerprint density at radius 2 is 1.68 bits per heavy atom. The van der Waals surface area contributed by atoms with Crippen molar-refractivity contribution in [3.63, 3.8) is 0 Å². The standard InChI is InChI=1S/C18H34O2S2/c1-12(2)18-10-16(9-15(5)22(18)20)8-13(3)17-7-6-14(4)21(19)11-17/h12-18H,6-11H2,1-5H3. The molecule has 2 saturated heterocycles. The fourth-order valence-electron chi connectivity index (χ4n) is 4.32. The van der Waals surface area contributed by atoms with E-state index in [1.165, 1.54) is 12.8 Å². The smallest absolute Gasteiger partial charge is 0.118 e. The van der Waals surface area contributed by atoms with Crippen LogP contribution in [0.5, 0.6) is 0 Å². The molecule has 8 atom stereocenters. The van der Waals surface area contributed by atoms with Gasteiger partial charge in [-0.3, -0.25) is 0 Å². The Bertz CT molecular complexity index is 350. The third-order valence-electron chi connectivity index (χ3n) is 5.95. The molecule has 2 fully saturated rings. The highest BCUT2D eigenvalue weighted by Gasteiger charge is 2.41. The Labute approximate surface area is 143 Å². The van der Waals surface area contributed by atoms with Gasteiger partial charge in [-0.1, -0.05) is 31.9 Å². The fraction of sp³-hybridized carbons (Fsp3) is 1.00. The molecule has 22 heavy (non-hydrogen) atoms. The van der Waals surface area contributed by atoms with Gasteiger partial charge in [-0.15, -0.1) is 0 Å². The van der Waals surface area contributed by atoms with Crippen LogP contribution in [0.2, 0.25) is 0 Å². The van der Waals surface area contributed by atoms with Gasteiger partial charge in [0.25, 0.3) is 0 Å². The third-order valence-corrected chi connectivity index (χ3v) is 10.2. The summed E-state index contributed by atoms with van der Waals surface area (Å²) in [6.07, 6.45) is 5.86. The monoisotopic (exact) mass is 346 g/mol. The maximum Gasteiger partial charge on any atom is 0.118 e. The van der Waals surface area contributed by atoms with Crippen molar-refractivity contribution in [1.82, 2.24) is 0 Å². The Kier molecular flexibility index (Phi) is 7.01. The van der Waals surface area contributed by atoms with Crippen molar-refractivity contribution < 1.29 is 9.11 Å². The summed E-state index contributed by atoms with van der Waals surface area (Å²) in [5.74, 6) is 3.43. The number of rotatable bonds is 4. The van der Waals surface area contributed by atoms with Gasteiger partial charge < -0.3 is 9.11 Å². The van der Waals surface area contributed by atoms with Crippen molar-refractivity contribution in [2.24, 2.45) is 23.7 Å². The van der Waals surface area contributed by atoms with Gasteiger partial charge in [0.2, 0.25) is 0 Å². The lowest BCUT2D eigenvalue weighted by atomic mass is 9.79. The fourth-order valence-corrected chi connectivity index (χ4v) is 8.02. The van der Waals surface area contributed by atoms with Crippen LogP contribution in [0.3, 0.4) is 0 Å². The van der Waals surface area contributed by atoms with Gasteiger partial charge in [-0.25, -0.2) is 0 Å². The Morgan fingerprint density at radius 1 is 1.00 bits per heavy atom. The van der Waals surface area contributed by atoms with Crippen molar-refractivity contribution in [1.29, 1.82) is 0 Å². The van der Waals surface area contributed by atoms with Crippen LogP contribution in [0.4, 0.5) is 0 Å². The van der Waals surface area contributed by atoms with Crippen LogP contribution in [-0.4, -0.2) is 30.6 Å². The molecular formula is C18H34O2S2. The van der Waals surface area contributed by atoms with Crippen LogP contribution >= 0.6 is 0 Å². The first-order chi connectivity index (χ1) is 10.3. The summed E-state index contributed by atoms with van der Waals surface area (Å²) in [5, 5.41) is 1.12. The molecule has 0 aliphatic carbocycles. The van der Waals surface area contributed by atoms with Crippen LogP contribution in [0.1, 0.15) is 66.7 Å². The van der Waals surface area contributed by atoms with Gasteiger partial charge in [-0.2, -0.15) is 0 Å². The summed E-state index contributed by atoms with van der Waals surface area (Å²) in [6, 6.07) is 0. The first kappa shape index (κ1) is 19.0. The molecule has 2 aliphatic heterocycles. The molecule has 0 aromatic carbocycles. The van der Waals surface area contributed by atoms with E-state index in [1.54, 1.807) is 0 Å². The maximum absolute atomic E-state index is 12.4. The van der Waals surface area contributed by atoms with Gasteiger partial charge in [0.1, 0.15) is 21.5 Å². The third kappa shape index (κ3) is 4.58. The molecule has 2 heterocycles. The molecule has 8 unspecified atom stereocenters. The molecule has 0 aromatic rings. The molecule has 130 valence electrons. The molecule has 0 bridgehead atoms. The van der Waals surface area contributed by atoms with Gasteiger partial charge >= 0.3 is 0 Å². The average molecular weight is 347 g/mol. The number of hydrogen-bond donors (Lipinski definition) is 0. The highest BCUT2D eigenvalue weighted by atomic mass is 32.2. The molecule has 0 spiro atoms. The average Bonchev–Trinajstić information content (AvgIpc) is 2.45. The maximum atomic E-state index is 12.4. The lowest BCUT2D eigenvalue weighted by Gasteiger charge is -2.40. The summed E-state index contributed by atoms with van der Waals surface area (Å²) >= 11 is -1.27. The van der Waals surface area contributed by atoms with E-state index in [1.807, 2.05) is 0 Å². The minimum absolute atomic E-state index is 0.346. The summed E-state index contributed by atoms with van der Waals surface area (Å²) in [7, 11) is 0. The topological polar surface area (TPSA) is 46.1 Å². The van der Waals surface area contributed by atoms with Crippen LogP contribution in [-0.2, 0) is 22.4 Å². The highest BCUT2D eigenvalue weighted by Crippen LogP contribution is 2.40. The Morgan fingerprint density at radius 3 is 2.27 bits per heavy atom. The normalized spacial score (nSPS) is 45.0. The second-order valence-corrected chi connectivity index (χ2v) is 12.1. The molecule has 2 rings (SSSR count). The van der Waals surface area contributed by atoms with Crippen molar-refractivity contribution >= 4 is 22.4 Å². The van der Waals surface area contributed by atoms with Crippen molar-refractivity contribution in [3.8, 4) is 0 Å².